The molecule has 1 fully saturated rings. The molecule has 0 spiro atoms. The summed E-state index contributed by atoms with van der Waals surface area (Å²) in [6.45, 7) is 0.107. The summed E-state index contributed by atoms with van der Waals surface area (Å²) < 4.78 is 36.9. The molecule has 0 aromatic heterocycles. The summed E-state index contributed by atoms with van der Waals surface area (Å²) in [5, 5.41) is 11.9. The Morgan fingerprint density at radius 2 is 1.81 bits per heavy atom. The molecule has 3 nitrogen and oxygen atoms in total. The van der Waals surface area contributed by atoms with Crippen LogP contribution < -0.4 is 5.32 Å². The van der Waals surface area contributed by atoms with Gasteiger partial charge in [-0.05, 0) is 30.5 Å². The number of nitriles is 1. The van der Waals surface area contributed by atoms with E-state index in [0.29, 0.717) is 32.4 Å². The Hall–Kier alpha value is -1.74. The van der Waals surface area contributed by atoms with E-state index in [2.05, 4.69) is 11.4 Å². The highest BCUT2D eigenvalue weighted by Gasteiger charge is 2.32. The van der Waals surface area contributed by atoms with Crippen LogP contribution in [0.2, 0.25) is 0 Å². The fourth-order valence-electron chi connectivity index (χ4n) is 2.53. The van der Waals surface area contributed by atoms with Crippen LogP contribution in [0.5, 0.6) is 0 Å². The molecule has 1 aliphatic heterocycles. The molecule has 0 radical (unpaired) electrons. The summed E-state index contributed by atoms with van der Waals surface area (Å²) in [5.41, 5.74) is 1.91. The predicted molar refractivity (Wildman–Crippen MR) is 74.9 cm³/mol. The molecular formula is C15H18F3N3. The smallest absolute Gasteiger partial charge is 0.382 e. The number of rotatable bonds is 4. The van der Waals surface area contributed by atoms with E-state index in [1.165, 1.54) is 4.90 Å². The summed E-state index contributed by atoms with van der Waals surface area (Å²) >= 11 is 0. The van der Waals surface area contributed by atoms with Gasteiger partial charge in [0.2, 0.25) is 0 Å². The van der Waals surface area contributed by atoms with Gasteiger partial charge in [0.25, 0.3) is 0 Å². The molecular weight excluding hydrogens is 279 g/mol. The van der Waals surface area contributed by atoms with Crippen molar-refractivity contribution in [1.29, 1.82) is 5.26 Å². The van der Waals surface area contributed by atoms with Crippen molar-refractivity contribution in [3.63, 3.8) is 0 Å². The zero-order valence-electron chi connectivity index (χ0n) is 11.7. The quantitative estimate of drug-likeness (QED) is 0.927. The van der Waals surface area contributed by atoms with Gasteiger partial charge in [0.15, 0.2) is 0 Å². The fourth-order valence-corrected chi connectivity index (χ4v) is 2.53. The number of alkyl halides is 3. The molecule has 0 atom stereocenters. The molecule has 114 valence electrons. The third-order valence-electron chi connectivity index (χ3n) is 3.60. The molecule has 1 aromatic carbocycles. The number of hydrogen-bond donors (Lipinski definition) is 1. The van der Waals surface area contributed by atoms with E-state index < -0.39 is 12.7 Å². The first kappa shape index (κ1) is 15.6. The second-order valence-electron chi connectivity index (χ2n) is 5.34. The number of nitrogens with zero attached hydrogens (tertiary/aromatic N) is 2. The average Bonchev–Trinajstić information content (AvgIpc) is 2.42. The van der Waals surface area contributed by atoms with E-state index >= 15 is 0 Å². The lowest BCUT2D eigenvalue weighted by Crippen LogP contribution is -2.43. The van der Waals surface area contributed by atoms with E-state index in [1.807, 2.05) is 24.3 Å². The maximum absolute atomic E-state index is 12.3. The third kappa shape index (κ3) is 5.27. The van der Waals surface area contributed by atoms with Crippen LogP contribution in [0.4, 0.5) is 18.9 Å². The molecule has 0 amide bonds. The molecule has 2 rings (SSSR count). The molecule has 1 aromatic rings. The maximum Gasteiger partial charge on any atom is 0.401 e. The van der Waals surface area contributed by atoms with Gasteiger partial charge in [-0.3, -0.25) is 4.90 Å². The van der Waals surface area contributed by atoms with E-state index in [4.69, 9.17) is 5.26 Å². The lowest BCUT2D eigenvalue weighted by atomic mass is 10.0. The molecule has 0 aliphatic carbocycles. The van der Waals surface area contributed by atoms with Gasteiger partial charge in [0.05, 0.1) is 19.0 Å². The zero-order chi connectivity index (χ0) is 15.3. The van der Waals surface area contributed by atoms with E-state index in [9.17, 15) is 13.2 Å². The highest BCUT2D eigenvalue weighted by Crippen LogP contribution is 2.21. The largest absolute Gasteiger partial charge is 0.401 e. The van der Waals surface area contributed by atoms with Gasteiger partial charge in [-0.15, -0.1) is 0 Å². The molecule has 0 unspecified atom stereocenters. The van der Waals surface area contributed by atoms with Gasteiger partial charge >= 0.3 is 6.18 Å². The van der Waals surface area contributed by atoms with Gasteiger partial charge in [0, 0.05) is 24.8 Å². The Morgan fingerprint density at radius 1 is 1.19 bits per heavy atom. The maximum atomic E-state index is 12.3. The van der Waals surface area contributed by atoms with E-state index in [-0.39, 0.29) is 6.04 Å². The number of nitrogens with one attached hydrogen (secondary N) is 1. The van der Waals surface area contributed by atoms with Gasteiger partial charge in [0.1, 0.15) is 0 Å². The average molecular weight is 297 g/mol. The lowest BCUT2D eigenvalue weighted by molar-refractivity contribution is -0.147. The topological polar surface area (TPSA) is 39.1 Å². The van der Waals surface area contributed by atoms with Crippen LogP contribution in [0.15, 0.2) is 24.3 Å². The fraction of sp³-hybridized carbons (Fsp3) is 0.533. The minimum atomic E-state index is -4.11. The third-order valence-corrected chi connectivity index (χ3v) is 3.60. The number of benzene rings is 1. The standard InChI is InChI=1S/C15H18F3N3/c16-15(17,18)11-21-9-6-14(7-10-21)20-13-3-1-12(2-4-13)5-8-19/h1-4,14,20H,5-7,9-11H2. The molecule has 0 bridgehead atoms. The first-order valence-electron chi connectivity index (χ1n) is 6.98. The normalized spacial score (nSPS) is 17.4. The summed E-state index contributed by atoms with van der Waals surface area (Å²) in [6.07, 6.45) is -2.32. The van der Waals surface area contributed by atoms with Crippen LogP contribution in [0.3, 0.4) is 0 Å². The number of anilines is 1. The number of piperidine rings is 1. The first-order valence-corrected chi connectivity index (χ1v) is 6.98. The Labute approximate surface area is 122 Å². The Balaban J connectivity index is 1.79. The van der Waals surface area contributed by atoms with Crippen molar-refractivity contribution in [2.45, 2.75) is 31.5 Å². The number of hydrogen-bond acceptors (Lipinski definition) is 3. The lowest BCUT2D eigenvalue weighted by Gasteiger charge is -2.33. The van der Waals surface area contributed by atoms with Crippen LogP contribution in [0.1, 0.15) is 18.4 Å². The summed E-state index contributed by atoms with van der Waals surface area (Å²) in [6, 6.07) is 9.90. The molecule has 6 heteroatoms. The number of likely N-dealkylation sites (tertiary alicyclic amines) is 1. The molecule has 1 saturated heterocycles. The van der Waals surface area contributed by atoms with Crippen molar-refractivity contribution < 1.29 is 13.2 Å². The van der Waals surface area contributed by atoms with Crippen LogP contribution in [0, 0.1) is 11.3 Å². The van der Waals surface area contributed by atoms with Gasteiger partial charge in [-0.25, -0.2) is 0 Å². The molecule has 1 aliphatic rings. The van der Waals surface area contributed by atoms with Crippen LogP contribution >= 0.6 is 0 Å². The van der Waals surface area contributed by atoms with Gasteiger partial charge in [-0.2, -0.15) is 18.4 Å². The molecule has 0 saturated carbocycles. The van der Waals surface area contributed by atoms with Crippen molar-refractivity contribution in [3.8, 4) is 6.07 Å². The van der Waals surface area contributed by atoms with Crippen LogP contribution in [-0.2, 0) is 6.42 Å². The number of halogens is 3. The minimum absolute atomic E-state index is 0.205. The van der Waals surface area contributed by atoms with Gasteiger partial charge in [-0.1, -0.05) is 12.1 Å². The van der Waals surface area contributed by atoms with Gasteiger partial charge < -0.3 is 5.32 Å². The van der Waals surface area contributed by atoms with Crippen molar-refractivity contribution in [2.24, 2.45) is 0 Å². The second kappa shape index (κ2) is 6.81. The SMILES string of the molecule is N#CCc1ccc(NC2CCN(CC(F)(F)F)CC2)cc1. The Morgan fingerprint density at radius 3 is 2.33 bits per heavy atom. The minimum Gasteiger partial charge on any atom is -0.382 e. The summed E-state index contributed by atoms with van der Waals surface area (Å²) in [5.74, 6) is 0. The highest BCUT2D eigenvalue weighted by molar-refractivity contribution is 5.45. The van der Waals surface area contributed by atoms with Crippen molar-refractivity contribution in [3.05, 3.63) is 29.8 Å². The summed E-state index contributed by atoms with van der Waals surface area (Å²) in [7, 11) is 0. The Kier molecular flexibility index (Phi) is 5.07. The van der Waals surface area contributed by atoms with Crippen molar-refractivity contribution in [2.75, 3.05) is 25.0 Å². The first-order chi connectivity index (χ1) is 9.96. The van der Waals surface area contributed by atoms with Crippen molar-refractivity contribution >= 4 is 5.69 Å². The zero-order valence-corrected chi connectivity index (χ0v) is 11.7. The van der Waals surface area contributed by atoms with Crippen LogP contribution in [-0.4, -0.2) is 36.8 Å². The monoisotopic (exact) mass is 297 g/mol. The molecule has 1 N–H and O–H groups in total. The van der Waals surface area contributed by atoms with E-state index in [0.717, 1.165) is 11.3 Å². The van der Waals surface area contributed by atoms with E-state index in [1.54, 1.807) is 0 Å². The second-order valence-corrected chi connectivity index (χ2v) is 5.34. The van der Waals surface area contributed by atoms with Crippen molar-refractivity contribution in [1.82, 2.24) is 4.90 Å². The predicted octanol–water partition coefficient (Wildman–Crippen LogP) is 3.19. The highest BCUT2D eigenvalue weighted by atomic mass is 19.4. The summed E-state index contributed by atoms with van der Waals surface area (Å²) in [4.78, 5) is 1.45. The van der Waals surface area contributed by atoms with Crippen LogP contribution in [0.25, 0.3) is 0 Å². The molecule has 1 heterocycles. The Bertz CT molecular complexity index is 482. The molecule has 21 heavy (non-hydrogen) atoms.